The Morgan fingerprint density at radius 2 is 1.44 bits per heavy atom. The lowest BCUT2D eigenvalue weighted by Crippen LogP contribution is -2.65. The number of aliphatic hydroxyl groups excluding tert-OH is 6. The molecule has 3 rings (SSSR count). The van der Waals surface area contributed by atoms with Crippen LogP contribution in [0.25, 0.3) is 0 Å². The minimum atomic E-state index is -1.94. The molecule has 13 heteroatoms. The molecule has 1 aliphatic carbocycles. The topological polar surface area (TPSA) is 194 Å². The molecule has 15 atom stereocenters. The van der Waals surface area contributed by atoms with E-state index in [1.807, 2.05) is 13.8 Å². The van der Waals surface area contributed by atoms with E-state index in [1.165, 1.54) is 0 Å². The van der Waals surface area contributed by atoms with E-state index in [4.69, 9.17) is 29.1 Å². The fourth-order valence-electron chi connectivity index (χ4n) is 6.23. The van der Waals surface area contributed by atoms with Gasteiger partial charge in [0.15, 0.2) is 20.9 Å². The molecule has 2 aliphatic heterocycles. The van der Waals surface area contributed by atoms with Gasteiger partial charge in [-0.1, -0.05) is 41.5 Å². The lowest BCUT2D eigenvalue weighted by molar-refractivity contribution is -0.333. The van der Waals surface area contributed by atoms with E-state index in [0.29, 0.717) is 25.9 Å². The van der Waals surface area contributed by atoms with Gasteiger partial charge in [0.05, 0.1) is 37.1 Å². The maximum absolute atomic E-state index is 11.8. The Morgan fingerprint density at radius 3 is 2.02 bits per heavy atom. The summed E-state index contributed by atoms with van der Waals surface area (Å²) in [6.45, 7) is 16.6. The van der Waals surface area contributed by atoms with Crippen molar-refractivity contribution in [3.8, 4) is 0 Å². The van der Waals surface area contributed by atoms with Gasteiger partial charge in [0.2, 0.25) is 0 Å². The molecule has 8 N–H and O–H groups in total. The molecule has 43 heavy (non-hydrogen) atoms. The smallest absolute Gasteiger partial charge is 0.191 e. The summed E-state index contributed by atoms with van der Waals surface area (Å²) in [5.74, 6) is -0.817. The highest BCUT2D eigenvalue weighted by Gasteiger charge is 2.51. The maximum Gasteiger partial charge on any atom is 0.191 e. The predicted molar refractivity (Wildman–Crippen MR) is 161 cm³/mol. The molecule has 0 amide bonds. The Labute approximate surface area is 257 Å². The molecule has 3 fully saturated rings. The van der Waals surface area contributed by atoms with Gasteiger partial charge in [0.25, 0.3) is 0 Å². The van der Waals surface area contributed by atoms with Gasteiger partial charge in [0, 0.05) is 12.5 Å². The molecule has 0 aromatic carbocycles. The third-order valence-corrected chi connectivity index (χ3v) is 14.8. The van der Waals surface area contributed by atoms with E-state index in [9.17, 15) is 30.6 Å². The largest absolute Gasteiger partial charge is 0.417 e. The van der Waals surface area contributed by atoms with Gasteiger partial charge in [0.1, 0.15) is 30.5 Å². The van der Waals surface area contributed by atoms with Crippen LogP contribution in [0.5, 0.6) is 0 Å². The third-order valence-electron chi connectivity index (χ3n) is 10.3. The lowest BCUT2D eigenvalue weighted by atomic mass is 9.74. The normalized spacial score (nSPS) is 44.9. The van der Waals surface area contributed by atoms with Crippen LogP contribution in [0.4, 0.5) is 0 Å². The Kier molecular flexibility index (Phi) is 13.1. The first-order valence-electron chi connectivity index (χ1n) is 16.0. The second-order valence-corrected chi connectivity index (χ2v) is 19.3. The zero-order valence-corrected chi connectivity index (χ0v) is 28.2. The van der Waals surface area contributed by atoms with Crippen LogP contribution in [0.3, 0.4) is 0 Å². The molecule has 0 radical (unpaired) electrons. The van der Waals surface area contributed by atoms with Gasteiger partial charge in [-0.3, -0.25) is 0 Å². The molecular weight excluding hydrogens is 578 g/mol. The second kappa shape index (κ2) is 15.1. The zero-order valence-electron chi connectivity index (χ0n) is 27.2. The van der Waals surface area contributed by atoms with Crippen LogP contribution < -0.4 is 5.73 Å². The molecule has 3 aliphatic rings. The molecule has 0 bridgehead atoms. The molecule has 2 saturated heterocycles. The van der Waals surface area contributed by atoms with Crippen molar-refractivity contribution >= 4 is 8.32 Å². The van der Waals surface area contributed by atoms with Gasteiger partial charge < -0.3 is 59.7 Å². The van der Waals surface area contributed by atoms with Gasteiger partial charge in [-0.15, -0.1) is 0 Å². The van der Waals surface area contributed by atoms with Crippen molar-refractivity contribution in [2.24, 2.45) is 23.5 Å². The van der Waals surface area contributed by atoms with Gasteiger partial charge in [-0.2, -0.15) is 0 Å². The van der Waals surface area contributed by atoms with Crippen LogP contribution in [0.1, 0.15) is 67.2 Å². The van der Waals surface area contributed by atoms with Crippen LogP contribution in [-0.2, 0) is 23.4 Å². The van der Waals surface area contributed by atoms with Gasteiger partial charge in [-0.05, 0) is 55.7 Å². The van der Waals surface area contributed by atoms with Crippen molar-refractivity contribution in [1.29, 1.82) is 0 Å². The van der Waals surface area contributed by atoms with E-state index < -0.39 is 94.4 Å². The molecule has 2 heterocycles. The van der Waals surface area contributed by atoms with Crippen LogP contribution in [0.2, 0.25) is 18.1 Å². The monoisotopic (exact) mass is 637 g/mol. The number of hydrogen-bond acceptors (Lipinski definition) is 12. The van der Waals surface area contributed by atoms with Crippen molar-refractivity contribution in [3.63, 3.8) is 0 Å². The molecule has 0 aromatic rings. The van der Waals surface area contributed by atoms with Gasteiger partial charge >= 0.3 is 0 Å². The average molecular weight is 638 g/mol. The van der Waals surface area contributed by atoms with E-state index in [1.54, 1.807) is 6.92 Å². The molecular formula is C30H59NO11Si. The minimum Gasteiger partial charge on any atom is -0.417 e. The summed E-state index contributed by atoms with van der Waals surface area (Å²) in [4.78, 5) is 0. The highest BCUT2D eigenvalue weighted by molar-refractivity contribution is 6.74. The standard InChI is InChI=1S/C30H59NO11Si/c1-9-18-23(35)21(33)16(3)28(39-18)41-26-15(2)13-17(11-10-12-38-43(7,8)30(4,5)6)27(25(26)37)42-29-24(36)20(31)22(34)19(14-32)40-29/h15-29,32-37H,9-14,31H2,1-8H3/t15-,16+,17+,18+,19+,20-,21+,22+,23+,24+,25-,26?,27-,28+,29+/m0/s1. The second-order valence-electron chi connectivity index (χ2n) is 14.5. The number of hydrogen-bond donors (Lipinski definition) is 7. The third kappa shape index (κ3) is 8.37. The summed E-state index contributed by atoms with van der Waals surface area (Å²) >= 11 is 0. The summed E-state index contributed by atoms with van der Waals surface area (Å²) < 4.78 is 30.7. The molecule has 12 nitrogen and oxygen atoms in total. The first-order chi connectivity index (χ1) is 19.9. The molecule has 254 valence electrons. The van der Waals surface area contributed by atoms with Gasteiger partial charge in [-0.25, -0.2) is 0 Å². The summed E-state index contributed by atoms with van der Waals surface area (Å²) in [6.07, 6.45) is -8.81. The highest BCUT2D eigenvalue weighted by Crippen LogP contribution is 2.41. The Balaban J connectivity index is 1.79. The summed E-state index contributed by atoms with van der Waals surface area (Å²) in [5.41, 5.74) is 6.03. The zero-order chi connectivity index (χ0) is 32.4. The van der Waals surface area contributed by atoms with Crippen LogP contribution in [-0.4, -0.2) is 126 Å². The first-order valence-corrected chi connectivity index (χ1v) is 18.9. The lowest BCUT2D eigenvalue weighted by Gasteiger charge is -2.49. The average Bonchev–Trinajstić information content (AvgIpc) is 2.94. The Morgan fingerprint density at radius 1 is 0.837 bits per heavy atom. The van der Waals surface area contributed by atoms with E-state index in [0.717, 1.165) is 6.42 Å². The van der Waals surface area contributed by atoms with Crippen molar-refractivity contribution in [1.82, 2.24) is 0 Å². The van der Waals surface area contributed by atoms with Crippen molar-refractivity contribution < 1.29 is 54.0 Å². The van der Waals surface area contributed by atoms with Crippen LogP contribution >= 0.6 is 0 Å². The summed E-state index contributed by atoms with van der Waals surface area (Å²) in [7, 11) is -1.94. The predicted octanol–water partition coefficient (Wildman–Crippen LogP) is 0.835. The molecule has 0 spiro atoms. The fourth-order valence-corrected chi connectivity index (χ4v) is 7.31. The number of rotatable bonds is 11. The van der Waals surface area contributed by atoms with Crippen LogP contribution in [0, 0.1) is 17.8 Å². The maximum atomic E-state index is 11.8. The number of nitrogens with two attached hydrogens (primary N) is 1. The minimum absolute atomic E-state index is 0.0819. The fraction of sp³-hybridized carbons (Fsp3) is 1.00. The van der Waals surface area contributed by atoms with E-state index >= 15 is 0 Å². The van der Waals surface area contributed by atoms with E-state index in [2.05, 4.69) is 33.9 Å². The quantitative estimate of drug-likeness (QED) is 0.125. The Hall–Kier alpha value is -0.263. The molecule has 1 saturated carbocycles. The number of aliphatic hydroxyl groups is 6. The van der Waals surface area contributed by atoms with Crippen molar-refractivity contribution in [3.05, 3.63) is 0 Å². The van der Waals surface area contributed by atoms with Crippen molar-refractivity contribution in [2.45, 2.75) is 159 Å². The van der Waals surface area contributed by atoms with Crippen LogP contribution in [0.15, 0.2) is 0 Å². The van der Waals surface area contributed by atoms with Crippen molar-refractivity contribution in [2.75, 3.05) is 13.2 Å². The Bertz CT molecular complexity index is 858. The summed E-state index contributed by atoms with van der Waals surface area (Å²) in [6, 6.07) is -1.12. The van der Waals surface area contributed by atoms with E-state index in [-0.39, 0.29) is 16.9 Å². The highest BCUT2D eigenvalue weighted by atomic mass is 28.4. The number of ether oxygens (including phenoxy) is 4. The first kappa shape index (κ1) is 37.2. The summed E-state index contributed by atoms with van der Waals surface area (Å²) in [5, 5.41) is 63.7. The molecule has 1 unspecified atom stereocenters. The molecule has 0 aromatic heterocycles. The SMILES string of the molecule is CC[C@H]1O[C@H](OC2[C@@H](C)C[C@@H](CCCO[Si](C)(C)C(C)(C)C)[C@H](O[C@H]3O[C@H](CO)[C@@H](O)[C@H](N)[C@H]3O)[C@H]2O)[C@H](C)[C@@H](O)[C@@H]1O.